The summed E-state index contributed by atoms with van der Waals surface area (Å²) in [6.45, 7) is 0. The molecular formula is C10H11ClF3NO3. The zero-order chi connectivity index (χ0) is 13.1. The maximum atomic E-state index is 12.0. The van der Waals surface area contributed by atoms with Crippen molar-refractivity contribution in [1.82, 2.24) is 0 Å². The van der Waals surface area contributed by atoms with Crippen LogP contribution in [0.25, 0.3) is 0 Å². The van der Waals surface area contributed by atoms with E-state index in [1.54, 1.807) is 0 Å². The Morgan fingerprint density at radius 2 is 1.94 bits per heavy atom. The number of ether oxygens (including phenoxy) is 1. The van der Waals surface area contributed by atoms with E-state index in [0.717, 1.165) is 6.07 Å². The number of carboxylic acids is 1. The second-order valence-electron chi connectivity index (χ2n) is 3.30. The number of hydrogen-bond donors (Lipinski definition) is 2. The van der Waals surface area contributed by atoms with Gasteiger partial charge in [-0.15, -0.1) is 25.6 Å². The average Bonchev–Trinajstić information content (AvgIpc) is 2.18. The van der Waals surface area contributed by atoms with Gasteiger partial charge < -0.3 is 15.6 Å². The second-order valence-corrected chi connectivity index (χ2v) is 3.30. The second kappa shape index (κ2) is 6.46. The highest BCUT2D eigenvalue weighted by Gasteiger charge is 2.32. The SMILES string of the molecule is Cl.NC(Cc1ccccc1OC(F)(F)F)C(=O)O. The smallest absolute Gasteiger partial charge is 0.480 e. The standard InChI is InChI=1S/C10H10F3NO3.ClH/c11-10(12,13)17-8-4-2-1-3-6(8)5-7(14)9(15)16;/h1-4,7H,5,14H2,(H,15,16);1H. The Hall–Kier alpha value is -1.47. The summed E-state index contributed by atoms with van der Waals surface area (Å²) in [4.78, 5) is 10.5. The molecule has 1 atom stereocenters. The highest BCUT2D eigenvalue weighted by Crippen LogP contribution is 2.26. The first-order valence-electron chi connectivity index (χ1n) is 4.61. The summed E-state index contributed by atoms with van der Waals surface area (Å²) < 4.78 is 39.9. The van der Waals surface area contributed by atoms with Gasteiger partial charge in [0.15, 0.2) is 0 Å². The van der Waals surface area contributed by atoms with Crippen LogP contribution >= 0.6 is 12.4 Å². The maximum absolute atomic E-state index is 12.0. The Balaban J connectivity index is 0.00000289. The van der Waals surface area contributed by atoms with Crippen molar-refractivity contribution < 1.29 is 27.8 Å². The van der Waals surface area contributed by atoms with Gasteiger partial charge in [-0.3, -0.25) is 4.79 Å². The summed E-state index contributed by atoms with van der Waals surface area (Å²) >= 11 is 0. The van der Waals surface area contributed by atoms with Gasteiger partial charge in [0, 0.05) is 6.42 Å². The Morgan fingerprint density at radius 3 is 2.44 bits per heavy atom. The molecule has 1 unspecified atom stereocenters. The lowest BCUT2D eigenvalue weighted by molar-refractivity contribution is -0.274. The van der Waals surface area contributed by atoms with Crippen LogP contribution < -0.4 is 10.5 Å². The zero-order valence-electron chi connectivity index (χ0n) is 8.98. The highest BCUT2D eigenvalue weighted by atomic mass is 35.5. The van der Waals surface area contributed by atoms with Crippen LogP contribution in [0.15, 0.2) is 24.3 Å². The third kappa shape index (κ3) is 5.24. The van der Waals surface area contributed by atoms with E-state index in [4.69, 9.17) is 10.8 Å². The molecule has 3 N–H and O–H groups in total. The molecule has 0 aliphatic rings. The molecule has 0 aromatic heterocycles. The van der Waals surface area contributed by atoms with Crippen molar-refractivity contribution in [2.24, 2.45) is 5.73 Å². The van der Waals surface area contributed by atoms with Gasteiger partial charge in [-0.2, -0.15) is 0 Å². The van der Waals surface area contributed by atoms with Crippen molar-refractivity contribution in [2.45, 2.75) is 18.8 Å². The fourth-order valence-electron chi connectivity index (χ4n) is 1.22. The third-order valence-electron chi connectivity index (χ3n) is 1.96. The number of rotatable bonds is 4. The average molecular weight is 286 g/mol. The molecule has 0 aliphatic carbocycles. The van der Waals surface area contributed by atoms with Crippen LogP contribution in [0.1, 0.15) is 5.56 Å². The molecule has 1 rings (SSSR count). The molecule has 4 nitrogen and oxygen atoms in total. The number of hydrogen-bond acceptors (Lipinski definition) is 3. The number of alkyl halides is 3. The molecular weight excluding hydrogens is 275 g/mol. The summed E-state index contributed by atoms with van der Waals surface area (Å²) in [5.41, 5.74) is 5.34. The molecule has 0 saturated heterocycles. The van der Waals surface area contributed by atoms with Crippen LogP contribution in [0.2, 0.25) is 0 Å². The summed E-state index contributed by atoms with van der Waals surface area (Å²) in [6.07, 6.45) is -5.05. The van der Waals surface area contributed by atoms with E-state index in [1.165, 1.54) is 18.2 Å². The first kappa shape index (κ1) is 16.5. The van der Waals surface area contributed by atoms with Gasteiger partial charge in [0.1, 0.15) is 11.8 Å². The number of halogens is 4. The molecule has 0 heterocycles. The van der Waals surface area contributed by atoms with Gasteiger partial charge in [-0.1, -0.05) is 18.2 Å². The summed E-state index contributed by atoms with van der Waals surface area (Å²) in [5, 5.41) is 8.58. The minimum Gasteiger partial charge on any atom is -0.480 e. The van der Waals surface area contributed by atoms with E-state index in [-0.39, 0.29) is 24.4 Å². The van der Waals surface area contributed by atoms with Crippen LogP contribution in [0.4, 0.5) is 13.2 Å². The Labute approximate surface area is 107 Å². The van der Waals surface area contributed by atoms with E-state index >= 15 is 0 Å². The van der Waals surface area contributed by atoms with E-state index in [9.17, 15) is 18.0 Å². The number of aliphatic carboxylic acids is 1. The van der Waals surface area contributed by atoms with Gasteiger partial charge in [0.05, 0.1) is 0 Å². The van der Waals surface area contributed by atoms with Gasteiger partial charge in [0.25, 0.3) is 0 Å². The van der Waals surface area contributed by atoms with Gasteiger partial charge in [-0.05, 0) is 11.6 Å². The van der Waals surface area contributed by atoms with Crippen molar-refractivity contribution >= 4 is 18.4 Å². The highest BCUT2D eigenvalue weighted by molar-refractivity contribution is 5.85. The molecule has 8 heteroatoms. The molecule has 0 radical (unpaired) electrons. The fourth-order valence-corrected chi connectivity index (χ4v) is 1.22. The summed E-state index contributed by atoms with van der Waals surface area (Å²) in [5.74, 6) is -1.72. The number of carbonyl (C=O) groups is 1. The van der Waals surface area contributed by atoms with E-state index in [0.29, 0.717) is 0 Å². The van der Waals surface area contributed by atoms with E-state index < -0.39 is 24.1 Å². The lowest BCUT2D eigenvalue weighted by Gasteiger charge is -2.14. The third-order valence-corrected chi connectivity index (χ3v) is 1.96. The summed E-state index contributed by atoms with van der Waals surface area (Å²) in [7, 11) is 0. The molecule has 18 heavy (non-hydrogen) atoms. The molecule has 0 spiro atoms. The Morgan fingerprint density at radius 1 is 1.39 bits per heavy atom. The monoisotopic (exact) mass is 285 g/mol. The minimum atomic E-state index is -4.82. The Bertz CT molecular complexity index is 412. The molecule has 0 saturated carbocycles. The molecule has 102 valence electrons. The predicted octanol–water partition coefficient (Wildman–Crippen LogP) is 1.96. The lowest BCUT2D eigenvalue weighted by Crippen LogP contribution is -2.32. The van der Waals surface area contributed by atoms with Gasteiger partial charge in [0.2, 0.25) is 0 Å². The van der Waals surface area contributed by atoms with Crippen molar-refractivity contribution in [2.75, 3.05) is 0 Å². The van der Waals surface area contributed by atoms with Gasteiger partial charge >= 0.3 is 12.3 Å². The summed E-state index contributed by atoms with van der Waals surface area (Å²) in [6, 6.07) is 4.01. The van der Waals surface area contributed by atoms with Gasteiger partial charge in [-0.25, -0.2) is 0 Å². The van der Waals surface area contributed by atoms with Crippen molar-refractivity contribution in [3.63, 3.8) is 0 Å². The molecule has 0 bridgehead atoms. The molecule has 1 aromatic carbocycles. The van der Waals surface area contributed by atoms with E-state index in [1.807, 2.05) is 0 Å². The van der Waals surface area contributed by atoms with Crippen molar-refractivity contribution in [1.29, 1.82) is 0 Å². The number of nitrogens with two attached hydrogens (primary N) is 1. The molecule has 0 amide bonds. The molecule has 0 fully saturated rings. The van der Waals surface area contributed by atoms with Crippen molar-refractivity contribution in [3.05, 3.63) is 29.8 Å². The Kier molecular flexibility index (Phi) is 5.93. The largest absolute Gasteiger partial charge is 0.573 e. The van der Waals surface area contributed by atoms with Crippen LogP contribution in [0.5, 0.6) is 5.75 Å². The predicted molar refractivity (Wildman–Crippen MR) is 59.7 cm³/mol. The van der Waals surface area contributed by atoms with Crippen molar-refractivity contribution in [3.8, 4) is 5.75 Å². The lowest BCUT2D eigenvalue weighted by atomic mass is 10.1. The quantitative estimate of drug-likeness (QED) is 0.887. The normalized spacial score (nSPS) is 12.4. The molecule has 0 aliphatic heterocycles. The van der Waals surface area contributed by atoms with Crippen LogP contribution in [0, 0.1) is 0 Å². The topological polar surface area (TPSA) is 72.5 Å². The van der Waals surface area contributed by atoms with Crippen LogP contribution in [0.3, 0.4) is 0 Å². The van der Waals surface area contributed by atoms with Crippen LogP contribution in [-0.4, -0.2) is 23.5 Å². The molecule has 1 aromatic rings. The fraction of sp³-hybridized carbons (Fsp3) is 0.300. The number of carboxylic acid groups (broad SMARTS) is 1. The first-order chi connectivity index (χ1) is 7.79. The zero-order valence-corrected chi connectivity index (χ0v) is 9.79. The maximum Gasteiger partial charge on any atom is 0.573 e. The van der Waals surface area contributed by atoms with Crippen LogP contribution in [-0.2, 0) is 11.2 Å². The number of benzene rings is 1. The number of para-hydroxylation sites is 1. The first-order valence-corrected chi connectivity index (χ1v) is 4.61. The van der Waals surface area contributed by atoms with E-state index in [2.05, 4.69) is 4.74 Å². The minimum absolute atomic E-state index is 0.